The average Bonchev–Trinajstić information content (AvgIpc) is 2.81. The van der Waals surface area contributed by atoms with Crippen molar-refractivity contribution in [1.82, 2.24) is 9.97 Å². The highest BCUT2D eigenvalue weighted by molar-refractivity contribution is 9.10. The predicted octanol–water partition coefficient (Wildman–Crippen LogP) is 4.31. The Bertz CT molecular complexity index is 749. The Morgan fingerprint density at radius 3 is 2.79 bits per heavy atom. The summed E-state index contributed by atoms with van der Waals surface area (Å²) < 4.78 is 6.40. The fraction of sp³-hybridized carbons (Fsp3) is 0.133. The average molecular weight is 317 g/mol. The molecular weight excluding hydrogens is 304 g/mol. The number of methoxy groups -OCH3 is 1. The Morgan fingerprint density at radius 2 is 2.00 bits per heavy atom. The molecule has 4 heteroatoms. The molecular formula is C15H13BrN2O. The molecule has 0 aliphatic rings. The molecule has 0 spiro atoms. The fourth-order valence-corrected chi connectivity index (χ4v) is 2.45. The summed E-state index contributed by atoms with van der Waals surface area (Å²) in [6.45, 7) is 2.07. The van der Waals surface area contributed by atoms with Crippen molar-refractivity contribution in [1.29, 1.82) is 0 Å². The van der Waals surface area contributed by atoms with E-state index in [4.69, 9.17) is 4.74 Å². The van der Waals surface area contributed by atoms with Gasteiger partial charge in [-0.1, -0.05) is 22.0 Å². The number of H-pyrrole nitrogens is 1. The number of rotatable bonds is 2. The van der Waals surface area contributed by atoms with Crippen molar-refractivity contribution in [2.24, 2.45) is 0 Å². The van der Waals surface area contributed by atoms with E-state index in [0.29, 0.717) is 0 Å². The van der Waals surface area contributed by atoms with Gasteiger partial charge in [0.25, 0.3) is 0 Å². The van der Waals surface area contributed by atoms with Gasteiger partial charge in [0.05, 0.1) is 23.7 Å². The van der Waals surface area contributed by atoms with Gasteiger partial charge in [-0.05, 0) is 42.8 Å². The summed E-state index contributed by atoms with van der Waals surface area (Å²) in [5, 5.41) is 0. The molecule has 0 saturated carbocycles. The zero-order valence-corrected chi connectivity index (χ0v) is 12.3. The van der Waals surface area contributed by atoms with Crippen molar-refractivity contribution in [2.75, 3.05) is 7.11 Å². The first-order chi connectivity index (χ1) is 9.17. The highest BCUT2D eigenvalue weighted by atomic mass is 79.9. The van der Waals surface area contributed by atoms with Gasteiger partial charge in [-0.3, -0.25) is 0 Å². The van der Waals surface area contributed by atoms with Crippen molar-refractivity contribution in [3.05, 3.63) is 46.4 Å². The lowest BCUT2D eigenvalue weighted by Gasteiger charge is -2.06. The lowest BCUT2D eigenvalue weighted by molar-refractivity contribution is 0.416. The van der Waals surface area contributed by atoms with Crippen LogP contribution in [0.5, 0.6) is 5.75 Å². The Morgan fingerprint density at radius 1 is 1.16 bits per heavy atom. The van der Waals surface area contributed by atoms with Gasteiger partial charge >= 0.3 is 0 Å². The van der Waals surface area contributed by atoms with Gasteiger partial charge in [0, 0.05) is 4.47 Å². The molecule has 0 unspecified atom stereocenters. The van der Waals surface area contributed by atoms with Gasteiger partial charge in [-0.15, -0.1) is 0 Å². The largest absolute Gasteiger partial charge is 0.496 e. The minimum absolute atomic E-state index is 0.796. The first kappa shape index (κ1) is 12.2. The second-order valence-corrected chi connectivity index (χ2v) is 5.37. The zero-order valence-electron chi connectivity index (χ0n) is 10.7. The van der Waals surface area contributed by atoms with E-state index in [0.717, 1.165) is 32.6 Å². The minimum atomic E-state index is 0.796. The number of benzene rings is 2. The molecule has 0 bridgehead atoms. The normalized spacial score (nSPS) is 10.9. The van der Waals surface area contributed by atoms with Crippen molar-refractivity contribution in [2.45, 2.75) is 6.92 Å². The molecule has 3 rings (SSSR count). The Balaban J connectivity index is 2.18. The van der Waals surface area contributed by atoms with E-state index in [9.17, 15) is 0 Å². The maximum atomic E-state index is 5.41. The molecule has 1 N–H and O–H groups in total. The molecule has 0 atom stereocenters. The lowest BCUT2D eigenvalue weighted by atomic mass is 10.2. The van der Waals surface area contributed by atoms with Gasteiger partial charge in [0.1, 0.15) is 11.6 Å². The first-order valence-electron chi connectivity index (χ1n) is 5.97. The molecule has 1 aromatic heterocycles. The smallest absolute Gasteiger partial charge is 0.142 e. The third-order valence-corrected chi connectivity index (χ3v) is 3.55. The third kappa shape index (κ3) is 2.24. The molecule has 3 nitrogen and oxygen atoms in total. The number of nitrogens with zero attached hydrogens (tertiary/aromatic N) is 1. The van der Waals surface area contributed by atoms with Gasteiger partial charge in [0.2, 0.25) is 0 Å². The lowest BCUT2D eigenvalue weighted by Crippen LogP contribution is -1.89. The SMILES string of the molecule is COc1cc(Br)ccc1-c1nc2ccc(C)cc2[nH]1. The van der Waals surface area contributed by atoms with E-state index in [2.05, 4.69) is 45.0 Å². The molecule has 0 fully saturated rings. The molecule has 19 heavy (non-hydrogen) atoms. The molecule has 1 heterocycles. The molecule has 0 aliphatic carbocycles. The minimum Gasteiger partial charge on any atom is -0.496 e. The van der Waals surface area contributed by atoms with Crippen LogP contribution in [0, 0.1) is 6.92 Å². The van der Waals surface area contributed by atoms with Gasteiger partial charge in [-0.25, -0.2) is 4.98 Å². The van der Waals surface area contributed by atoms with Crippen molar-refractivity contribution >= 4 is 27.0 Å². The predicted molar refractivity (Wildman–Crippen MR) is 80.5 cm³/mol. The molecule has 0 radical (unpaired) electrons. The number of ether oxygens (including phenoxy) is 1. The monoisotopic (exact) mass is 316 g/mol. The van der Waals surface area contributed by atoms with Crippen LogP contribution in [0.15, 0.2) is 40.9 Å². The highest BCUT2D eigenvalue weighted by Gasteiger charge is 2.11. The maximum absolute atomic E-state index is 5.41. The number of halogens is 1. The van der Waals surface area contributed by atoms with E-state index >= 15 is 0 Å². The van der Waals surface area contributed by atoms with Crippen LogP contribution in [0.25, 0.3) is 22.4 Å². The van der Waals surface area contributed by atoms with Crippen LogP contribution in [0.2, 0.25) is 0 Å². The second kappa shape index (κ2) is 4.70. The third-order valence-electron chi connectivity index (χ3n) is 3.06. The quantitative estimate of drug-likeness (QED) is 0.765. The van der Waals surface area contributed by atoms with Gasteiger partial charge in [0.15, 0.2) is 0 Å². The summed E-state index contributed by atoms with van der Waals surface area (Å²) in [5.74, 6) is 1.62. The van der Waals surface area contributed by atoms with Gasteiger partial charge < -0.3 is 9.72 Å². The van der Waals surface area contributed by atoms with E-state index < -0.39 is 0 Å². The summed E-state index contributed by atoms with van der Waals surface area (Å²) in [6.07, 6.45) is 0. The van der Waals surface area contributed by atoms with Crippen LogP contribution < -0.4 is 4.74 Å². The molecule has 3 aromatic rings. The van der Waals surface area contributed by atoms with E-state index in [1.807, 2.05) is 24.3 Å². The molecule has 0 saturated heterocycles. The summed E-state index contributed by atoms with van der Waals surface area (Å²) in [5.41, 5.74) is 4.18. The number of imidazole rings is 1. The maximum Gasteiger partial charge on any atom is 0.142 e. The van der Waals surface area contributed by atoms with Crippen LogP contribution in [-0.4, -0.2) is 17.1 Å². The first-order valence-corrected chi connectivity index (χ1v) is 6.77. The summed E-state index contributed by atoms with van der Waals surface area (Å²) in [7, 11) is 1.66. The number of aromatic nitrogens is 2. The zero-order chi connectivity index (χ0) is 13.4. The van der Waals surface area contributed by atoms with Crippen LogP contribution in [0.4, 0.5) is 0 Å². The fourth-order valence-electron chi connectivity index (χ4n) is 2.11. The van der Waals surface area contributed by atoms with Crippen molar-refractivity contribution in [3.63, 3.8) is 0 Å². The summed E-state index contributed by atoms with van der Waals surface area (Å²) >= 11 is 3.44. The van der Waals surface area contributed by atoms with Crippen LogP contribution in [0.3, 0.4) is 0 Å². The molecule has 0 aliphatic heterocycles. The van der Waals surface area contributed by atoms with E-state index in [1.54, 1.807) is 7.11 Å². The van der Waals surface area contributed by atoms with E-state index in [-0.39, 0.29) is 0 Å². The number of hydrogen-bond donors (Lipinski definition) is 1. The van der Waals surface area contributed by atoms with Crippen LogP contribution in [-0.2, 0) is 0 Å². The number of aryl methyl sites for hydroxylation is 1. The van der Waals surface area contributed by atoms with Crippen LogP contribution in [0.1, 0.15) is 5.56 Å². The van der Waals surface area contributed by atoms with Crippen molar-refractivity contribution < 1.29 is 4.74 Å². The van der Waals surface area contributed by atoms with Crippen LogP contribution >= 0.6 is 15.9 Å². The van der Waals surface area contributed by atoms with Gasteiger partial charge in [-0.2, -0.15) is 0 Å². The number of fused-ring (bicyclic) bond motifs is 1. The highest BCUT2D eigenvalue weighted by Crippen LogP contribution is 2.32. The molecule has 0 amide bonds. The molecule has 96 valence electrons. The number of nitrogens with one attached hydrogen (secondary N) is 1. The summed E-state index contributed by atoms with van der Waals surface area (Å²) in [6, 6.07) is 12.1. The number of hydrogen-bond acceptors (Lipinski definition) is 2. The van der Waals surface area contributed by atoms with E-state index in [1.165, 1.54) is 5.56 Å². The molecule has 2 aromatic carbocycles. The Labute approximate surface area is 119 Å². The number of aromatic amines is 1. The van der Waals surface area contributed by atoms with Crippen molar-refractivity contribution in [3.8, 4) is 17.1 Å². The second-order valence-electron chi connectivity index (χ2n) is 4.45. The Kier molecular flexibility index (Phi) is 3.03. The standard InChI is InChI=1S/C15H13BrN2O/c1-9-3-6-12-13(7-9)18-15(17-12)11-5-4-10(16)8-14(11)19-2/h3-8H,1-2H3,(H,17,18). The summed E-state index contributed by atoms with van der Waals surface area (Å²) in [4.78, 5) is 7.95. The topological polar surface area (TPSA) is 37.9 Å². The Hall–Kier alpha value is -1.81.